The van der Waals surface area contributed by atoms with Gasteiger partial charge in [0.15, 0.2) is 11.6 Å². The van der Waals surface area contributed by atoms with Crippen molar-refractivity contribution in [2.75, 3.05) is 6.61 Å². The van der Waals surface area contributed by atoms with Crippen LogP contribution in [0.4, 0.5) is 8.78 Å². The summed E-state index contributed by atoms with van der Waals surface area (Å²) in [5, 5.41) is 0. The first-order chi connectivity index (χ1) is 22.6. The van der Waals surface area contributed by atoms with E-state index >= 15 is 8.78 Å². The molecule has 0 heterocycles. The molecule has 46 heavy (non-hydrogen) atoms. The van der Waals surface area contributed by atoms with Gasteiger partial charge in [-0.15, -0.1) is 0 Å². The van der Waals surface area contributed by atoms with Gasteiger partial charge in [0.2, 0.25) is 0 Å². The summed E-state index contributed by atoms with van der Waals surface area (Å²) in [6.45, 7) is 5.25. The van der Waals surface area contributed by atoms with Crippen molar-refractivity contribution in [3.8, 4) is 22.3 Å². The summed E-state index contributed by atoms with van der Waals surface area (Å²) in [7, 11) is 0. The van der Waals surface area contributed by atoms with E-state index in [0.29, 0.717) is 17.5 Å². The molecule has 3 aromatic rings. The fraction of sp³-hybridized carbons (Fsp3) is 0.488. The molecule has 1 nitrogen and oxygen atoms in total. The molecule has 0 N–H and O–H groups in total. The molecular formula is C43H56F2O. The molecule has 0 saturated heterocycles. The monoisotopic (exact) mass is 626 g/mol. The van der Waals surface area contributed by atoms with Gasteiger partial charge in [-0.05, 0) is 41.5 Å². The third kappa shape index (κ3) is 10.8. The van der Waals surface area contributed by atoms with Crippen LogP contribution < -0.4 is 0 Å². The minimum Gasteiger partial charge on any atom is -0.371 e. The van der Waals surface area contributed by atoms with Crippen LogP contribution >= 0.6 is 0 Å². The Kier molecular flexibility index (Phi) is 15.2. The fourth-order valence-corrected chi connectivity index (χ4v) is 6.59. The number of halogens is 2. The third-order valence-corrected chi connectivity index (χ3v) is 9.52. The Morgan fingerprint density at radius 2 is 1.09 bits per heavy atom. The zero-order valence-corrected chi connectivity index (χ0v) is 28.5. The largest absolute Gasteiger partial charge is 0.371 e. The van der Waals surface area contributed by atoms with E-state index < -0.39 is 11.6 Å². The molecule has 0 amide bonds. The van der Waals surface area contributed by atoms with Crippen LogP contribution in [0.15, 0.2) is 85.0 Å². The Hall–Kier alpha value is -3.04. The summed E-state index contributed by atoms with van der Waals surface area (Å²) in [6, 6.07) is 21.1. The fourth-order valence-electron chi connectivity index (χ4n) is 6.59. The Morgan fingerprint density at radius 3 is 1.70 bits per heavy atom. The first-order valence-electron chi connectivity index (χ1n) is 18.2. The molecule has 3 aromatic carbocycles. The molecule has 0 radical (unpaired) electrons. The van der Waals surface area contributed by atoms with Gasteiger partial charge in [-0.3, -0.25) is 0 Å². The van der Waals surface area contributed by atoms with Crippen LogP contribution in [0.5, 0.6) is 0 Å². The van der Waals surface area contributed by atoms with Gasteiger partial charge in [0.1, 0.15) is 0 Å². The molecule has 248 valence electrons. The molecule has 0 aliphatic heterocycles. The van der Waals surface area contributed by atoms with Gasteiger partial charge in [0.25, 0.3) is 0 Å². The lowest BCUT2D eigenvalue weighted by atomic mass is 9.84. The van der Waals surface area contributed by atoms with Crippen molar-refractivity contribution >= 4 is 5.57 Å². The quantitative estimate of drug-likeness (QED) is 0.107. The molecule has 1 aliphatic rings. The standard InChI is InChI=1S/C43H56F2O/c1-3-5-7-9-10-11-12-13-14-19-31-43(46-34-20-15-8-6-4-2)32-29-38(30-33-43)40-28-27-39(41(44)42(40)45)37-25-23-36(24-26-37)35-21-17-16-18-22-35/h16-18,21-30,32H,3-15,19-20,31,33-34H2,1-2H3. The first-order valence-corrected chi connectivity index (χ1v) is 18.2. The van der Waals surface area contributed by atoms with Crippen LogP contribution in [-0.2, 0) is 4.74 Å². The van der Waals surface area contributed by atoms with Gasteiger partial charge in [0, 0.05) is 17.7 Å². The molecule has 4 rings (SSSR count). The van der Waals surface area contributed by atoms with Crippen molar-refractivity contribution in [1.82, 2.24) is 0 Å². The highest BCUT2D eigenvalue weighted by Gasteiger charge is 2.30. The summed E-state index contributed by atoms with van der Waals surface area (Å²) >= 11 is 0. The molecule has 1 atom stereocenters. The number of allylic oxidation sites excluding steroid dienone is 2. The van der Waals surface area contributed by atoms with E-state index in [1.807, 2.05) is 60.7 Å². The smallest absolute Gasteiger partial charge is 0.167 e. The van der Waals surface area contributed by atoms with Crippen molar-refractivity contribution in [3.05, 3.63) is 102 Å². The third-order valence-electron chi connectivity index (χ3n) is 9.52. The lowest BCUT2D eigenvalue weighted by Gasteiger charge is -2.33. The van der Waals surface area contributed by atoms with Crippen molar-refractivity contribution in [3.63, 3.8) is 0 Å². The normalized spacial score (nSPS) is 16.1. The average Bonchev–Trinajstić information content (AvgIpc) is 3.09. The highest BCUT2D eigenvalue weighted by Crippen LogP contribution is 2.37. The van der Waals surface area contributed by atoms with Gasteiger partial charge < -0.3 is 4.74 Å². The topological polar surface area (TPSA) is 9.23 Å². The zero-order valence-electron chi connectivity index (χ0n) is 28.5. The van der Waals surface area contributed by atoms with E-state index in [9.17, 15) is 0 Å². The van der Waals surface area contributed by atoms with Crippen molar-refractivity contribution in [2.45, 2.75) is 129 Å². The Bertz CT molecular complexity index is 1360. The summed E-state index contributed by atoms with van der Waals surface area (Å²) in [5.74, 6) is -1.59. The summed E-state index contributed by atoms with van der Waals surface area (Å²) < 4.78 is 37.7. The van der Waals surface area contributed by atoms with Crippen LogP contribution in [0.1, 0.15) is 129 Å². The van der Waals surface area contributed by atoms with E-state index in [1.54, 1.807) is 12.1 Å². The maximum Gasteiger partial charge on any atom is 0.167 e. The predicted octanol–water partition coefficient (Wildman–Crippen LogP) is 13.7. The molecule has 1 unspecified atom stereocenters. The van der Waals surface area contributed by atoms with Crippen LogP contribution in [0.3, 0.4) is 0 Å². The average molecular weight is 627 g/mol. The number of hydrogen-bond donors (Lipinski definition) is 0. The second kappa shape index (κ2) is 19.6. The Labute approximate surface area is 278 Å². The van der Waals surface area contributed by atoms with E-state index in [4.69, 9.17) is 4.74 Å². The predicted molar refractivity (Wildman–Crippen MR) is 193 cm³/mol. The number of hydrogen-bond acceptors (Lipinski definition) is 1. The van der Waals surface area contributed by atoms with E-state index in [0.717, 1.165) is 42.6 Å². The molecule has 0 saturated carbocycles. The lowest BCUT2D eigenvalue weighted by molar-refractivity contribution is -0.0165. The number of unbranched alkanes of at least 4 members (excludes halogenated alkanes) is 13. The minimum absolute atomic E-state index is 0.281. The van der Waals surface area contributed by atoms with E-state index in [1.165, 1.54) is 83.5 Å². The van der Waals surface area contributed by atoms with Gasteiger partial charge in [-0.2, -0.15) is 0 Å². The maximum absolute atomic E-state index is 15.6. The van der Waals surface area contributed by atoms with Crippen LogP contribution in [0.25, 0.3) is 27.8 Å². The molecule has 0 aromatic heterocycles. The molecular weight excluding hydrogens is 570 g/mol. The highest BCUT2D eigenvalue weighted by molar-refractivity contribution is 5.78. The SMILES string of the molecule is CCCCCCCCCCCCC1(OCCCCCCC)C=CC(c2ccc(-c3ccc(-c4ccccc4)cc3)c(F)c2F)=CC1. The van der Waals surface area contributed by atoms with Gasteiger partial charge in [-0.1, -0.05) is 189 Å². The summed E-state index contributed by atoms with van der Waals surface area (Å²) in [6.07, 6.45) is 26.9. The van der Waals surface area contributed by atoms with Gasteiger partial charge in [0.05, 0.1) is 5.60 Å². The maximum atomic E-state index is 15.6. The van der Waals surface area contributed by atoms with Crippen molar-refractivity contribution in [1.29, 1.82) is 0 Å². The van der Waals surface area contributed by atoms with Gasteiger partial charge >= 0.3 is 0 Å². The zero-order chi connectivity index (χ0) is 32.5. The second-order valence-electron chi connectivity index (χ2n) is 13.2. The van der Waals surface area contributed by atoms with Crippen LogP contribution in [0, 0.1) is 11.6 Å². The summed E-state index contributed by atoms with van der Waals surface area (Å²) in [5.41, 5.74) is 3.77. The van der Waals surface area contributed by atoms with E-state index in [2.05, 4.69) is 26.0 Å². The van der Waals surface area contributed by atoms with Crippen LogP contribution in [-0.4, -0.2) is 12.2 Å². The first kappa shape index (κ1) is 35.8. The van der Waals surface area contributed by atoms with Gasteiger partial charge in [-0.25, -0.2) is 8.78 Å². The number of ether oxygens (including phenoxy) is 1. The Balaban J connectivity index is 1.37. The second-order valence-corrected chi connectivity index (χ2v) is 13.2. The molecule has 0 spiro atoms. The lowest BCUT2D eigenvalue weighted by Crippen LogP contribution is -2.31. The number of rotatable bonds is 21. The number of benzene rings is 3. The van der Waals surface area contributed by atoms with Crippen molar-refractivity contribution < 1.29 is 13.5 Å². The van der Waals surface area contributed by atoms with E-state index in [-0.39, 0.29) is 11.2 Å². The van der Waals surface area contributed by atoms with Crippen molar-refractivity contribution in [2.24, 2.45) is 0 Å². The summed E-state index contributed by atoms with van der Waals surface area (Å²) in [4.78, 5) is 0. The molecule has 3 heteroatoms. The molecule has 0 bridgehead atoms. The molecule has 0 fully saturated rings. The van der Waals surface area contributed by atoms with Crippen LogP contribution in [0.2, 0.25) is 0 Å². The Morgan fingerprint density at radius 1 is 0.565 bits per heavy atom. The minimum atomic E-state index is -0.801. The molecule has 1 aliphatic carbocycles. The highest BCUT2D eigenvalue weighted by atomic mass is 19.2.